The smallest absolute Gasteiger partial charge is 0.375 e. The standard InChI is InChI=1S/C16H17BrN2O5/c1-8(2)18-16(22)19-13(20)7-23-15(21)14-9(3)11-6-10(17)4-5-12(11)24-14/h4-6,8H,7H2,1-3H3,(H2,18,19,20,22). The highest BCUT2D eigenvalue weighted by Gasteiger charge is 2.20. The molecule has 7 nitrogen and oxygen atoms in total. The van der Waals surface area contributed by atoms with Crippen LogP contribution in [0.5, 0.6) is 0 Å². The number of ether oxygens (including phenoxy) is 1. The Balaban J connectivity index is 1.99. The Hall–Kier alpha value is -2.35. The molecular formula is C16H17BrN2O5. The van der Waals surface area contributed by atoms with Crippen molar-refractivity contribution < 1.29 is 23.5 Å². The van der Waals surface area contributed by atoms with Gasteiger partial charge in [0.2, 0.25) is 5.76 Å². The molecule has 0 saturated heterocycles. The van der Waals surface area contributed by atoms with Crippen LogP contribution in [0, 0.1) is 6.92 Å². The van der Waals surface area contributed by atoms with Crippen LogP contribution in [-0.2, 0) is 9.53 Å². The lowest BCUT2D eigenvalue weighted by Crippen LogP contribution is -2.44. The van der Waals surface area contributed by atoms with Crippen molar-refractivity contribution in [3.63, 3.8) is 0 Å². The van der Waals surface area contributed by atoms with Gasteiger partial charge in [-0.15, -0.1) is 0 Å². The Labute approximate surface area is 146 Å². The topological polar surface area (TPSA) is 97.6 Å². The number of fused-ring (bicyclic) bond motifs is 1. The molecule has 0 aliphatic rings. The molecule has 128 valence electrons. The average molecular weight is 397 g/mol. The van der Waals surface area contributed by atoms with Crippen molar-refractivity contribution in [1.82, 2.24) is 10.6 Å². The van der Waals surface area contributed by atoms with Crippen LogP contribution in [0.3, 0.4) is 0 Å². The van der Waals surface area contributed by atoms with Crippen molar-refractivity contribution >= 4 is 44.8 Å². The third-order valence-corrected chi connectivity index (χ3v) is 3.58. The molecule has 0 aliphatic carbocycles. The first-order chi connectivity index (χ1) is 11.3. The molecule has 0 unspecified atom stereocenters. The number of urea groups is 1. The van der Waals surface area contributed by atoms with Gasteiger partial charge in [0.25, 0.3) is 5.91 Å². The fraction of sp³-hybridized carbons (Fsp3) is 0.312. The van der Waals surface area contributed by atoms with Crippen LogP contribution in [0.1, 0.15) is 30.0 Å². The van der Waals surface area contributed by atoms with Gasteiger partial charge in [-0.1, -0.05) is 15.9 Å². The fourth-order valence-corrected chi connectivity index (χ4v) is 2.41. The third-order valence-electron chi connectivity index (χ3n) is 3.09. The average Bonchev–Trinajstić information content (AvgIpc) is 2.81. The van der Waals surface area contributed by atoms with Gasteiger partial charge in [-0.2, -0.15) is 0 Å². The van der Waals surface area contributed by atoms with Gasteiger partial charge in [-0.05, 0) is 39.0 Å². The molecule has 8 heteroatoms. The molecule has 1 aromatic carbocycles. The predicted octanol–water partition coefficient (Wildman–Crippen LogP) is 2.89. The van der Waals surface area contributed by atoms with E-state index in [2.05, 4.69) is 26.6 Å². The van der Waals surface area contributed by atoms with Crippen molar-refractivity contribution in [2.24, 2.45) is 0 Å². The number of esters is 1. The molecule has 2 aromatic rings. The number of aryl methyl sites for hydroxylation is 1. The number of carbonyl (C=O) groups excluding carboxylic acids is 3. The largest absolute Gasteiger partial charge is 0.450 e. The molecular weight excluding hydrogens is 380 g/mol. The summed E-state index contributed by atoms with van der Waals surface area (Å²) in [7, 11) is 0. The maximum absolute atomic E-state index is 12.1. The summed E-state index contributed by atoms with van der Waals surface area (Å²) in [6, 6.07) is 4.59. The second-order valence-corrected chi connectivity index (χ2v) is 6.36. The summed E-state index contributed by atoms with van der Waals surface area (Å²) in [5.41, 5.74) is 1.16. The van der Waals surface area contributed by atoms with E-state index < -0.39 is 24.5 Å². The Kier molecular flexibility index (Phi) is 5.61. The van der Waals surface area contributed by atoms with E-state index in [-0.39, 0.29) is 11.8 Å². The normalized spacial score (nSPS) is 10.7. The molecule has 1 aromatic heterocycles. The van der Waals surface area contributed by atoms with E-state index in [9.17, 15) is 14.4 Å². The van der Waals surface area contributed by atoms with Crippen molar-refractivity contribution in [1.29, 1.82) is 0 Å². The van der Waals surface area contributed by atoms with E-state index >= 15 is 0 Å². The number of nitrogens with one attached hydrogen (secondary N) is 2. The molecule has 0 aliphatic heterocycles. The molecule has 0 bridgehead atoms. The predicted molar refractivity (Wildman–Crippen MR) is 90.7 cm³/mol. The second kappa shape index (κ2) is 7.48. The van der Waals surface area contributed by atoms with Gasteiger partial charge < -0.3 is 14.5 Å². The highest BCUT2D eigenvalue weighted by atomic mass is 79.9. The van der Waals surface area contributed by atoms with Crippen molar-refractivity contribution in [2.75, 3.05) is 6.61 Å². The number of benzene rings is 1. The number of amides is 3. The summed E-state index contributed by atoms with van der Waals surface area (Å²) in [6.45, 7) is 4.66. The Morgan fingerprint density at radius 2 is 2.00 bits per heavy atom. The lowest BCUT2D eigenvalue weighted by molar-refractivity contribution is -0.123. The first kappa shape index (κ1) is 18.0. The molecule has 24 heavy (non-hydrogen) atoms. The Bertz CT molecular complexity index is 797. The quantitative estimate of drug-likeness (QED) is 0.774. The highest BCUT2D eigenvalue weighted by Crippen LogP contribution is 2.28. The first-order valence-corrected chi connectivity index (χ1v) is 8.03. The number of hydrogen-bond donors (Lipinski definition) is 2. The van der Waals surface area contributed by atoms with E-state index in [1.54, 1.807) is 32.9 Å². The van der Waals surface area contributed by atoms with Crippen LogP contribution in [0.25, 0.3) is 11.0 Å². The summed E-state index contributed by atoms with van der Waals surface area (Å²) in [4.78, 5) is 35.0. The Morgan fingerprint density at radius 1 is 1.29 bits per heavy atom. The van der Waals surface area contributed by atoms with Gasteiger partial charge in [0.15, 0.2) is 6.61 Å². The first-order valence-electron chi connectivity index (χ1n) is 7.24. The summed E-state index contributed by atoms with van der Waals surface area (Å²) >= 11 is 3.35. The zero-order chi connectivity index (χ0) is 17.9. The van der Waals surface area contributed by atoms with Gasteiger partial charge in [0.1, 0.15) is 5.58 Å². The van der Waals surface area contributed by atoms with Gasteiger partial charge >= 0.3 is 12.0 Å². The minimum absolute atomic E-state index is 0.0301. The highest BCUT2D eigenvalue weighted by molar-refractivity contribution is 9.10. The van der Waals surface area contributed by atoms with E-state index in [0.717, 1.165) is 9.86 Å². The lowest BCUT2D eigenvalue weighted by Gasteiger charge is -2.09. The number of furan rings is 1. The van der Waals surface area contributed by atoms with E-state index in [4.69, 9.17) is 9.15 Å². The second-order valence-electron chi connectivity index (χ2n) is 5.45. The molecule has 2 rings (SSSR count). The third kappa shape index (κ3) is 4.35. The van der Waals surface area contributed by atoms with Crippen LogP contribution >= 0.6 is 15.9 Å². The molecule has 0 fully saturated rings. The maximum atomic E-state index is 12.1. The van der Waals surface area contributed by atoms with Crippen molar-refractivity contribution in [3.8, 4) is 0 Å². The van der Waals surface area contributed by atoms with Gasteiger partial charge in [0, 0.05) is 21.5 Å². The molecule has 0 spiro atoms. The zero-order valence-electron chi connectivity index (χ0n) is 13.4. The summed E-state index contributed by atoms with van der Waals surface area (Å²) in [6.07, 6.45) is 0. The van der Waals surface area contributed by atoms with Crippen LogP contribution in [-0.4, -0.2) is 30.6 Å². The number of halogens is 1. The monoisotopic (exact) mass is 396 g/mol. The van der Waals surface area contributed by atoms with E-state index in [1.165, 1.54) is 0 Å². The Morgan fingerprint density at radius 3 is 2.67 bits per heavy atom. The molecule has 0 radical (unpaired) electrons. The van der Waals surface area contributed by atoms with Gasteiger partial charge in [0.05, 0.1) is 0 Å². The van der Waals surface area contributed by atoms with E-state index in [1.807, 2.05) is 6.07 Å². The molecule has 0 saturated carbocycles. The SMILES string of the molecule is Cc1c(C(=O)OCC(=O)NC(=O)NC(C)C)oc2ccc(Br)cc12. The summed E-state index contributed by atoms with van der Waals surface area (Å²) in [5.74, 6) is -1.46. The van der Waals surface area contributed by atoms with Crippen LogP contribution in [0.15, 0.2) is 27.1 Å². The lowest BCUT2D eigenvalue weighted by atomic mass is 10.1. The summed E-state index contributed by atoms with van der Waals surface area (Å²) < 4.78 is 11.2. The van der Waals surface area contributed by atoms with Gasteiger partial charge in [-0.3, -0.25) is 10.1 Å². The van der Waals surface area contributed by atoms with Crippen LogP contribution in [0.4, 0.5) is 4.79 Å². The van der Waals surface area contributed by atoms with Crippen LogP contribution < -0.4 is 10.6 Å². The van der Waals surface area contributed by atoms with Crippen molar-refractivity contribution in [2.45, 2.75) is 26.8 Å². The zero-order valence-corrected chi connectivity index (χ0v) is 15.0. The van der Waals surface area contributed by atoms with E-state index in [0.29, 0.717) is 11.1 Å². The maximum Gasteiger partial charge on any atom is 0.375 e. The minimum Gasteiger partial charge on any atom is -0.450 e. The molecule has 0 atom stereocenters. The number of imide groups is 1. The molecule has 1 heterocycles. The fourth-order valence-electron chi connectivity index (χ4n) is 2.05. The number of rotatable bonds is 4. The number of hydrogen-bond acceptors (Lipinski definition) is 5. The van der Waals surface area contributed by atoms with Gasteiger partial charge in [-0.25, -0.2) is 9.59 Å². The summed E-state index contributed by atoms with van der Waals surface area (Å²) in [5, 5.41) is 5.33. The minimum atomic E-state index is -0.765. The van der Waals surface area contributed by atoms with Crippen LogP contribution in [0.2, 0.25) is 0 Å². The molecule has 2 N–H and O–H groups in total. The van der Waals surface area contributed by atoms with Crippen molar-refractivity contribution in [3.05, 3.63) is 34.0 Å². The number of carbonyl (C=O) groups is 3. The molecule has 3 amide bonds.